The maximum atomic E-state index is 12.1. The minimum absolute atomic E-state index is 0.445. The molecule has 3 aromatic rings. The zero-order valence-electron chi connectivity index (χ0n) is 15.4. The van der Waals surface area contributed by atoms with E-state index < -0.39 is 15.1 Å². The van der Waals surface area contributed by atoms with E-state index >= 15 is 0 Å². The Morgan fingerprint density at radius 3 is 2.70 bits per heavy atom. The van der Waals surface area contributed by atoms with Gasteiger partial charge in [-0.1, -0.05) is 36.4 Å². The van der Waals surface area contributed by atoms with Gasteiger partial charge in [0.2, 0.25) is 0 Å². The summed E-state index contributed by atoms with van der Waals surface area (Å²) in [5, 5.41) is 4.12. The van der Waals surface area contributed by atoms with Crippen molar-refractivity contribution in [1.82, 2.24) is 14.7 Å². The lowest BCUT2D eigenvalue weighted by Crippen LogP contribution is -2.22. The van der Waals surface area contributed by atoms with E-state index in [1.54, 1.807) is 0 Å². The number of aromatic nitrogens is 2. The van der Waals surface area contributed by atoms with Gasteiger partial charge >= 0.3 is 0 Å². The van der Waals surface area contributed by atoms with Crippen LogP contribution in [0.5, 0.6) is 0 Å². The topological polar surface area (TPSA) is 63.5 Å². The fourth-order valence-corrected chi connectivity index (χ4v) is 5.23. The standard InChI is InChI=1S/C20H25N3O2S2/c1-27(24,25)18(17-7-3-2-4-8-17)11-13-21-12-6-16-26-20-10-5-9-19-22-14-15-23(19)20/h2-5,7-10,14-15,18,21H,6,11-13,16H2,1H3. The minimum atomic E-state index is -3.12. The molecule has 0 saturated heterocycles. The molecule has 1 unspecified atom stereocenters. The molecule has 2 aromatic heterocycles. The Labute approximate surface area is 165 Å². The van der Waals surface area contributed by atoms with Gasteiger partial charge in [0.25, 0.3) is 0 Å². The normalized spacial score (nSPS) is 13.1. The average Bonchev–Trinajstić information content (AvgIpc) is 3.13. The third kappa shape index (κ3) is 5.57. The fraction of sp³-hybridized carbons (Fsp3) is 0.350. The third-order valence-electron chi connectivity index (χ3n) is 4.41. The quantitative estimate of drug-likeness (QED) is 0.414. The van der Waals surface area contributed by atoms with Gasteiger partial charge in [-0.25, -0.2) is 13.4 Å². The second-order valence-electron chi connectivity index (χ2n) is 6.49. The molecule has 0 bridgehead atoms. The van der Waals surface area contributed by atoms with Crippen molar-refractivity contribution in [2.45, 2.75) is 23.1 Å². The molecule has 0 amide bonds. The summed E-state index contributed by atoms with van der Waals surface area (Å²) in [5.74, 6) is 0.998. The molecule has 2 heterocycles. The van der Waals surface area contributed by atoms with Gasteiger partial charge in [0.15, 0.2) is 9.84 Å². The average molecular weight is 404 g/mol. The van der Waals surface area contributed by atoms with Crippen LogP contribution in [0.2, 0.25) is 0 Å². The maximum absolute atomic E-state index is 12.1. The van der Waals surface area contributed by atoms with E-state index in [-0.39, 0.29) is 0 Å². The predicted octanol–water partition coefficient (Wildman–Crippen LogP) is 3.58. The van der Waals surface area contributed by atoms with Gasteiger partial charge in [-0.05, 0) is 43.6 Å². The zero-order valence-corrected chi connectivity index (χ0v) is 17.0. The van der Waals surface area contributed by atoms with Gasteiger partial charge in [-0.15, -0.1) is 11.8 Å². The first-order valence-corrected chi connectivity index (χ1v) is 12.0. The molecule has 144 valence electrons. The summed E-state index contributed by atoms with van der Waals surface area (Å²) in [5.41, 5.74) is 1.83. The molecule has 1 aromatic carbocycles. The molecule has 1 N–H and O–H groups in total. The second kappa shape index (κ2) is 9.39. The number of nitrogens with one attached hydrogen (secondary N) is 1. The summed E-state index contributed by atoms with van der Waals surface area (Å²) < 4.78 is 26.3. The predicted molar refractivity (Wildman–Crippen MR) is 112 cm³/mol. The Kier molecular flexibility index (Phi) is 6.93. The largest absolute Gasteiger partial charge is 0.317 e. The van der Waals surface area contributed by atoms with Gasteiger partial charge in [0.1, 0.15) is 5.65 Å². The third-order valence-corrected chi connectivity index (χ3v) is 7.07. The van der Waals surface area contributed by atoms with E-state index in [4.69, 9.17) is 0 Å². The number of hydrogen-bond donors (Lipinski definition) is 1. The molecule has 7 heteroatoms. The summed E-state index contributed by atoms with van der Waals surface area (Å²) in [6.07, 6.45) is 6.71. The van der Waals surface area contributed by atoms with E-state index in [0.29, 0.717) is 13.0 Å². The van der Waals surface area contributed by atoms with Crippen LogP contribution >= 0.6 is 11.8 Å². The molecular formula is C20H25N3O2S2. The van der Waals surface area contributed by atoms with Crippen LogP contribution in [0.15, 0.2) is 66.0 Å². The molecule has 1 atom stereocenters. The molecule has 0 aliphatic carbocycles. The molecule has 27 heavy (non-hydrogen) atoms. The van der Waals surface area contributed by atoms with Crippen molar-refractivity contribution in [2.75, 3.05) is 25.1 Å². The van der Waals surface area contributed by atoms with Crippen molar-refractivity contribution in [1.29, 1.82) is 0 Å². The number of imidazole rings is 1. The molecular weight excluding hydrogens is 378 g/mol. The Balaban J connectivity index is 1.40. The summed E-state index contributed by atoms with van der Waals surface area (Å²) in [7, 11) is -3.12. The van der Waals surface area contributed by atoms with E-state index in [2.05, 4.69) is 20.8 Å². The number of fused-ring (bicyclic) bond motifs is 1. The molecule has 5 nitrogen and oxygen atoms in total. The Bertz CT molecular complexity index is 956. The molecule has 0 spiro atoms. The Morgan fingerprint density at radius 2 is 1.93 bits per heavy atom. The maximum Gasteiger partial charge on any atom is 0.154 e. The Morgan fingerprint density at radius 1 is 1.11 bits per heavy atom. The van der Waals surface area contributed by atoms with Crippen LogP contribution in [0.3, 0.4) is 0 Å². The molecule has 0 aliphatic heterocycles. The van der Waals surface area contributed by atoms with E-state index in [9.17, 15) is 8.42 Å². The highest BCUT2D eigenvalue weighted by atomic mass is 32.2. The highest BCUT2D eigenvalue weighted by Gasteiger charge is 2.21. The SMILES string of the molecule is CS(=O)(=O)C(CCNCCCSc1cccc2nccn12)c1ccccc1. The monoisotopic (exact) mass is 403 g/mol. The first kappa shape index (κ1) is 19.9. The highest BCUT2D eigenvalue weighted by Crippen LogP contribution is 2.24. The number of thioether (sulfide) groups is 1. The fourth-order valence-electron chi connectivity index (χ4n) is 3.07. The van der Waals surface area contributed by atoms with E-state index in [1.165, 1.54) is 11.3 Å². The van der Waals surface area contributed by atoms with Crippen molar-refractivity contribution in [3.8, 4) is 0 Å². The van der Waals surface area contributed by atoms with Crippen LogP contribution in [0.25, 0.3) is 5.65 Å². The van der Waals surface area contributed by atoms with Crippen LogP contribution < -0.4 is 5.32 Å². The van der Waals surface area contributed by atoms with Crippen LogP contribution in [0.4, 0.5) is 0 Å². The van der Waals surface area contributed by atoms with Crippen molar-refractivity contribution in [3.05, 3.63) is 66.5 Å². The lowest BCUT2D eigenvalue weighted by molar-refractivity contribution is 0.569. The van der Waals surface area contributed by atoms with E-state index in [1.807, 2.05) is 66.6 Å². The number of hydrogen-bond acceptors (Lipinski definition) is 5. The molecule has 0 radical (unpaired) electrons. The van der Waals surface area contributed by atoms with Crippen LogP contribution in [-0.2, 0) is 9.84 Å². The first-order valence-electron chi connectivity index (χ1n) is 9.05. The van der Waals surface area contributed by atoms with Gasteiger partial charge in [-0.3, -0.25) is 4.40 Å². The number of nitrogens with zero attached hydrogens (tertiary/aromatic N) is 2. The number of sulfone groups is 1. The summed E-state index contributed by atoms with van der Waals surface area (Å²) >= 11 is 1.81. The summed E-state index contributed by atoms with van der Waals surface area (Å²) in [6, 6.07) is 15.6. The number of rotatable bonds is 10. The lowest BCUT2D eigenvalue weighted by Gasteiger charge is -2.16. The van der Waals surface area contributed by atoms with E-state index in [0.717, 1.165) is 29.9 Å². The van der Waals surface area contributed by atoms with Crippen molar-refractivity contribution >= 4 is 27.2 Å². The van der Waals surface area contributed by atoms with Crippen LogP contribution in [0.1, 0.15) is 23.7 Å². The van der Waals surface area contributed by atoms with Crippen LogP contribution in [-0.4, -0.2) is 42.9 Å². The summed E-state index contributed by atoms with van der Waals surface area (Å²) in [6.45, 7) is 1.56. The minimum Gasteiger partial charge on any atom is -0.317 e. The second-order valence-corrected chi connectivity index (χ2v) is 9.83. The molecule has 0 saturated carbocycles. The molecule has 3 rings (SSSR count). The summed E-state index contributed by atoms with van der Waals surface area (Å²) in [4.78, 5) is 4.30. The van der Waals surface area contributed by atoms with Gasteiger partial charge in [-0.2, -0.15) is 0 Å². The zero-order chi connectivity index (χ0) is 19.1. The lowest BCUT2D eigenvalue weighted by atomic mass is 10.1. The van der Waals surface area contributed by atoms with Gasteiger partial charge in [0, 0.05) is 24.4 Å². The van der Waals surface area contributed by atoms with Crippen molar-refractivity contribution < 1.29 is 8.42 Å². The first-order chi connectivity index (χ1) is 13.1. The molecule has 0 fully saturated rings. The Hall–Kier alpha value is -1.83. The highest BCUT2D eigenvalue weighted by molar-refractivity contribution is 7.99. The van der Waals surface area contributed by atoms with Crippen molar-refractivity contribution in [3.63, 3.8) is 0 Å². The number of pyridine rings is 1. The van der Waals surface area contributed by atoms with Crippen LogP contribution in [0, 0.1) is 0 Å². The van der Waals surface area contributed by atoms with Crippen molar-refractivity contribution in [2.24, 2.45) is 0 Å². The molecule has 0 aliphatic rings. The number of benzene rings is 1. The van der Waals surface area contributed by atoms with Gasteiger partial charge in [0.05, 0.1) is 10.3 Å². The smallest absolute Gasteiger partial charge is 0.154 e. The van der Waals surface area contributed by atoms with Gasteiger partial charge < -0.3 is 5.32 Å².